The van der Waals surface area contributed by atoms with Crippen LogP contribution in [-0.4, -0.2) is 12.5 Å². The zero-order chi connectivity index (χ0) is 14.5. The Bertz CT molecular complexity index is 486. The Morgan fingerprint density at radius 1 is 1.32 bits per heavy atom. The van der Waals surface area contributed by atoms with Crippen molar-refractivity contribution >= 4 is 5.91 Å². The van der Waals surface area contributed by atoms with Crippen LogP contribution in [0.25, 0.3) is 0 Å². The average molecular weight is 258 g/mol. The van der Waals surface area contributed by atoms with E-state index in [4.69, 9.17) is 5.73 Å². The second kappa shape index (κ2) is 6.40. The number of nitrogens with two attached hydrogens (primary N) is 1. The molecule has 0 heterocycles. The lowest BCUT2D eigenvalue weighted by atomic mass is 9.94. The molecule has 0 spiro atoms. The Hall–Kier alpha value is -1.79. The van der Waals surface area contributed by atoms with Crippen molar-refractivity contribution in [1.82, 2.24) is 5.32 Å². The molecule has 1 unspecified atom stereocenters. The number of hydrogen-bond acceptors (Lipinski definition) is 2. The fourth-order valence-electron chi connectivity index (χ4n) is 1.50. The van der Waals surface area contributed by atoms with E-state index in [-0.39, 0.29) is 17.4 Å². The highest BCUT2D eigenvalue weighted by atomic mass is 16.2. The topological polar surface area (TPSA) is 55.1 Å². The molecule has 0 fully saturated rings. The van der Waals surface area contributed by atoms with Gasteiger partial charge < -0.3 is 11.1 Å². The SMILES string of the molecule is CC(NC(=O)C(C)(C)C)c1ccc(C#CCN)cc1. The van der Waals surface area contributed by atoms with Crippen LogP contribution in [0.4, 0.5) is 0 Å². The fourth-order valence-corrected chi connectivity index (χ4v) is 1.50. The number of carbonyl (C=O) groups excluding carboxylic acids is 1. The molecule has 1 rings (SSSR count). The second-order valence-electron chi connectivity index (χ2n) is 5.57. The van der Waals surface area contributed by atoms with Crippen LogP contribution in [0.15, 0.2) is 24.3 Å². The summed E-state index contributed by atoms with van der Waals surface area (Å²) in [5, 5.41) is 3.00. The van der Waals surface area contributed by atoms with Crippen LogP contribution < -0.4 is 11.1 Å². The van der Waals surface area contributed by atoms with Gasteiger partial charge in [0.05, 0.1) is 12.6 Å². The average Bonchev–Trinajstić information content (AvgIpc) is 2.35. The molecule has 3 heteroatoms. The van der Waals surface area contributed by atoms with Crippen LogP contribution in [0.2, 0.25) is 0 Å². The van der Waals surface area contributed by atoms with Crippen LogP contribution in [-0.2, 0) is 4.79 Å². The summed E-state index contributed by atoms with van der Waals surface area (Å²) >= 11 is 0. The van der Waals surface area contributed by atoms with Gasteiger partial charge >= 0.3 is 0 Å². The Balaban J connectivity index is 2.73. The van der Waals surface area contributed by atoms with Crippen molar-refractivity contribution in [2.45, 2.75) is 33.7 Å². The van der Waals surface area contributed by atoms with Gasteiger partial charge in [-0.05, 0) is 24.6 Å². The predicted octanol–water partition coefficient (Wildman–Crippen LogP) is 2.22. The first kappa shape index (κ1) is 15.3. The first-order valence-corrected chi connectivity index (χ1v) is 6.44. The number of hydrogen-bond donors (Lipinski definition) is 2. The standard InChI is InChI=1S/C16H22N2O/c1-12(18-15(19)16(2,3)4)14-9-7-13(8-10-14)6-5-11-17/h7-10,12H,11,17H2,1-4H3,(H,18,19). The van der Waals surface area contributed by atoms with Gasteiger partial charge in [0.1, 0.15) is 0 Å². The minimum atomic E-state index is -0.374. The van der Waals surface area contributed by atoms with Gasteiger partial charge in [-0.15, -0.1) is 0 Å². The van der Waals surface area contributed by atoms with Crippen LogP contribution in [0, 0.1) is 17.3 Å². The monoisotopic (exact) mass is 258 g/mol. The van der Waals surface area contributed by atoms with Gasteiger partial charge in [0, 0.05) is 11.0 Å². The Labute approximate surface area is 115 Å². The Morgan fingerprint density at radius 3 is 2.37 bits per heavy atom. The summed E-state index contributed by atoms with van der Waals surface area (Å²) in [6, 6.07) is 7.83. The lowest BCUT2D eigenvalue weighted by Gasteiger charge is -2.22. The summed E-state index contributed by atoms with van der Waals surface area (Å²) in [6.45, 7) is 8.05. The van der Waals surface area contributed by atoms with Gasteiger partial charge in [-0.1, -0.05) is 44.7 Å². The normalized spacial score (nSPS) is 12.3. The maximum absolute atomic E-state index is 11.9. The molecular formula is C16H22N2O. The predicted molar refractivity (Wildman–Crippen MR) is 78.4 cm³/mol. The van der Waals surface area contributed by atoms with Gasteiger partial charge in [-0.3, -0.25) is 4.79 Å². The van der Waals surface area contributed by atoms with E-state index in [1.807, 2.05) is 52.0 Å². The molecular weight excluding hydrogens is 236 g/mol. The molecule has 1 aromatic rings. The summed E-state index contributed by atoms with van der Waals surface area (Å²) in [6.07, 6.45) is 0. The van der Waals surface area contributed by atoms with Crippen molar-refractivity contribution in [3.8, 4) is 11.8 Å². The van der Waals surface area contributed by atoms with Crippen molar-refractivity contribution in [2.75, 3.05) is 6.54 Å². The number of nitrogens with one attached hydrogen (secondary N) is 1. The molecule has 0 aliphatic carbocycles. The van der Waals surface area contributed by atoms with Gasteiger partial charge in [0.15, 0.2) is 0 Å². The molecule has 1 atom stereocenters. The van der Waals surface area contributed by atoms with E-state index in [9.17, 15) is 4.79 Å². The van der Waals surface area contributed by atoms with Crippen molar-refractivity contribution in [3.63, 3.8) is 0 Å². The van der Waals surface area contributed by atoms with Crippen LogP contribution in [0.3, 0.4) is 0 Å². The molecule has 0 aliphatic heterocycles. The fraction of sp³-hybridized carbons (Fsp3) is 0.438. The van der Waals surface area contributed by atoms with E-state index in [1.165, 1.54) is 0 Å². The molecule has 0 bridgehead atoms. The molecule has 19 heavy (non-hydrogen) atoms. The van der Waals surface area contributed by atoms with Gasteiger partial charge in [0.25, 0.3) is 0 Å². The first-order chi connectivity index (χ1) is 8.84. The van der Waals surface area contributed by atoms with Crippen LogP contribution in [0.1, 0.15) is 44.9 Å². The largest absolute Gasteiger partial charge is 0.349 e. The molecule has 0 saturated heterocycles. The molecule has 0 aromatic heterocycles. The van der Waals surface area contributed by atoms with E-state index < -0.39 is 0 Å². The maximum atomic E-state index is 11.9. The molecule has 0 radical (unpaired) electrons. The van der Waals surface area contributed by atoms with Gasteiger partial charge in [-0.25, -0.2) is 0 Å². The first-order valence-electron chi connectivity index (χ1n) is 6.44. The van der Waals surface area contributed by atoms with E-state index in [0.717, 1.165) is 11.1 Å². The van der Waals surface area contributed by atoms with E-state index in [1.54, 1.807) is 0 Å². The Kier molecular flexibility index (Phi) is 5.14. The van der Waals surface area contributed by atoms with Crippen LogP contribution in [0.5, 0.6) is 0 Å². The zero-order valence-electron chi connectivity index (χ0n) is 12.1. The summed E-state index contributed by atoms with van der Waals surface area (Å²) in [5.41, 5.74) is 6.95. The van der Waals surface area contributed by atoms with E-state index in [0.29, 0.717) is 6.54 Å². The quantitative estimate of drug-likeness (QED) is 0.799. The van der Waals surface area contributed by atoms with Crippen LogP contribution >= 0.6 is 0 Å². The third-order valence-electron chi connectivity index (χ3n) is 2.77. The zero-order valence-corrected chi connectivity index (χ0v) is 12.1. The van der Waals surface area contributed by atoms with Crippen molar-refractivity contribution in [3.05, 3.63) is 35.4 Å². The number of amides is 1. The highest BCUT2D eigenvalue weighted by Gasteiger charge is 2.22. The number of carbonyl (C=O) groups is 1. The molecule has 0 saturated carbocycles. The van der Waals surface area contributed by atoms with Gasteiger partial charge in [-0.2, -0.15) is 0 Å². The molecule has 3 nitrogen and oxygen atoms in total. The summed E-state index contributed by atoms with van der Waals surface area (Å²) in [7, 11) is 0. The molecule has 1 aromatic carbocycles. The molecule has 102 valence electrons. The summed E-state index contributed by atoms with van der Waals surface area (Å²) in [5.74, 6) is 5.83. The van der Waals surface area contributed by atoms with Gasteiger partial charge in [0.2, 0.25) is 5.91 Å². The maximum Gasteiger partial charge on any atom is 0.225 e. The smallest absolute Gasteiger partial charge is 0.225 e. The molecule has 1 amide bonds. The minimum absolute atomic E-state index is 0.0109. The minimum Gasteiger partial charge on any atom is -0.349 e. The molecule has 0 aliphatic rings. The van der Waals surface area contributed by atoms with Crippen molar-refractivity contribution < 1.29 is 4.79 Å². The van der Waals surface area contributed by atoms with Crippen molar-refractivity contribution in [1.29, 1.82) is 0 Å². The lowest BCUT2D eigenvalue weighted by molar-refractivity contribution is -0.129. The van der Waals surface area contributed by atoms with E-state index >= 15 is 0 Å². The highest BCUT2D eigenvalue weighted by Crippen LogP contribution is 2.18. The highest BCUT2D eigenvalue weighted by molar-refractivity contribution is 5.81. The molecule has 3 N–H and O–H groups in total. The lowest BCUT2D eigenvalue weighted by Crippen LogP contribution is -2.36. The summed E-state index contributed by atoms with van der Waals surface area (Å²) in [4.78, 5) is 11.9. The third-order valence-corrected chi connectivity index (χ3v) is 2.77. The summed E-state index contributed by atoms with van der Waals surface area (Å²) < 4.78 is 0. The Morgan fingerprint density at radius 2 is 1.89 bits per heavy atom. The van der Waals surface area contributed by atoms with Crippen molar-refractivity contribution in [2.24, 2.45) is 11.1 Å². The second-order valence-corrected chi connectivity index (χ2v) is 5.57. The van der Waals surface area contributed by atoms with E-state index in [2.05, 4.69) is 17.2 Å². The number of benzene rings is 1. The number of rotatable bonds is 2. The third kappa shape index (κ3) is 4.76.